The van der Waals surface area contributed by atoms with Gasteiger partial charge < -0.3 is 14.7 Å². The number of halogens is 1. The summed E-state index contributed by atoms with van der Waals surface area (Å²) in [6.45, 7) is 3.09. The van der Waals surface area contributed by atoms with E-state index < -0.39 is 0 Å². The van der Waals surface area contributed by atoms with Crippen molar-refractivity contribution in [2.24, 2.45) is 5.73 Å². The summed E-state index contributed by atoms with van der Waals surface area (Å²) >= 11 is 6.01. The van der Waals surface area contributed by atoms with Crippen LogP contribution in [0.4, 0.5) is 0 Å². The average molecular weight is 304 g/mol. The normalized spacial score (nSPS) is 12.9. The summed E-state index contributed by atoms with van der Waals surface area (Å²) < 4.78 is 7.36. The van der Waals surface area contributed by atoms with Crippen LogP contribution >= 0.6 is 11.6 Å². The highest BCUT2D eigenvalue weighted by atomic mass is 35.5. The minimum atomic E-state index is -0.219. The van der Waals surface area contributed by atoms with Gasteiger partial charge in [0.1, 0.15) is 5.82 Å². The first-order valence-corrected chi connectivity index (χ1v) is 7.51. The van der Waals surface area contributed by atoms with E-state index in [0.29, 0.717) is 11.6 Å². The molecule has 0 bridgehead atoms. The quantitative estimate of drug-likeness (QED) is 0.777. The lowest BCUT2D eigenvalue weighted by molar-refractivity contribution is 0.556. The molecule has 21 heavy (non-hydrogen) atoms. The smallest absolute Gasteiger partial charge is 0.197 e. The Hall–Kier alpha value is -1.78. The van der Waals surface area contributed by atoms with Crippen LogP contribution in [0.25, 0.3) is 11.0 Å². The van der Waals surface area contributed by atoms with E-state index in [-0.39, 0.29) is 6.04 Å². The highest BCUT2D eigenvalue weighted by Gasteiger charge is 2.17. The van der Waals surface area contributed by atoms with Gasteiger partial charge in [-0.2, -0.15) is 0 Å². The van der Waals surface area contributed by atoms with Crippen LogP contribution in [-0.2, 0) is 13.0 Å². The largest absolute Gasteiger partial charge is 0.453 e. The molecule has 0 aliphatic rings. The molecule has 110 valence electrons. The molecule has 0 fully saturated rings. The zero-order chi connectivity index (χ0) is 14.8. The van der Waals surface area contributed by atoms with Crippen molar-refractivity contribution < 1.29 is 4.42 Å². The standard InChI is InChI=1S/C16H18ClN3O/c1-2-8-20-14-6-4-3-5-13(14)19-15(20)10-12(18)11-7-9-21-16(11)17/h3-7,9,12H,2,8,10,18H2,1H3. The van der Waals surface area contributed by atoms with Gasteiger partial charge in [-0.3, -0.25) is 0 Å². The number of imidazole rings is 1. The molecular weight excluding hydrogens is 286 g/mol. The second kappa shape index (κ2) is 5.92. The Labute approximate surface area is 128 Å². The van der Waals surface area contributed by atoms with Crippen molar-refractivity contribution in [2.75, 3.05) is 0 Å². The summed E-state index contributed by atoms with van der Waals surface area (Å²) in [5.41, 5.74) is 9.25. The van der Waals surface area contributed by atoms with Crippen LogP contribution in [0.5, 0.6) is 0 Å². The summed E-state index contributed by atoms with van der Waals surface area (Å²) in [5.74, 6) is 0.989. The molecule has 0 saturated heterocycles. The number of benzene rings is 1. The zero-order valence-corrected chi connectivity index (χ0v) is 12.7. The van der Waals surface area contributed by atoms with Crippen molar-refractivity contribution in [3.8, 4) is 0 Å². The van der Waals surface area contributed by atoms with Crippen molar-refractivity contribution in [3.63, 3.8) is 0 Å². The molecule has 1 aromatic carbocycles. The van der Waals surface area contributed by atoms with Crippen molar-refractivity contribution in [1.82, 2.24) is 9.55 Å². The van der Waals surface area contributed by atoms with Crippen molar-refractivity contribution in [2.45, 2.75) is 32.4 Å². The van der Waals surface area contributed by atoms with Gasteiger partial charge in [0.05, 0.1) is 17.3 Å². The van der Waals surface area contributed by atoms with Crippen molar-refractivity contribution in [3.05, 3.63) is 53.2 Å². The molecule has 5 heteroatoms. The van der Waals surface area contributed by atoms with Gasteiger partial charge in [-0.1, -0.05) is 19.1 Å². The van der Waals surface area contributed by atoms with Gasteiger partial charge >= 0.3 is 0 Å². The molecule has 1 atom stereocenters. The molecule has 4 nitrogen and oxygen atoms in total. The van der Waals surface area contributed by atoms with E-state index in [4.69, 9.17) is 26.7 Å². The highest BCUT2D eigenvalue weighted by molar-refractivity contribution is 6.29. The van der Waals surface area contributed by atoms with Crippen LogP contribution in [0, 0.1) is 0 Å². The molecule has 2 N–H and O–H groups in total. The zero-order valence-electron chi connectivity index (χ0n) is 11.9. The third kappa shape index (κ3) is 2.69. The lowest BCUT2D eigenvalue weighted by Crippen LogP contribution is -2.16. The summed E-state index contributed by atoms with van der Waals surface area (Å²) in [6, 6.07) is 9.76. The maximum atomic E-state index is 6.26. The molecule has 3 rings (SSSR count). The SMILES string of the molecule is CCCn1c(CC(N)c2ccoc2Cl)nc2ccccc21. The second-order valence-corrected chi connectivity index (χ2v) is 5.47. The Morgan fingerprint density at radius 2 is 2.14 bits per heavy atom. The monoisotopic (exact) mass is 303 g/mol. The molecule has 0 spiro atoms. The molecule has 2 heterocycles. The predicted molar refractivity (Wildman–Crippen MR) is 84.4 cm³/mol. The fourth-order valence-electron chi connectivity index (χ4n) is 2.63. The molecule has 3 aromatic rings. The van der Waals surface area contributed by atoms with Gasteiger partial charge in [0.15, 0.2) is 5.22 Å². The molecular formula is C16H18ClN3O. The predicted octanol–water partition coefficient (Wildman–Crippen LogP) is 3.94. The first-order valence-electron chi connectivity index (χ1n) is 7.13. The van der Waals surface area contributed by atoms with E-state index >= 15 is 0 Å². The van der Waals surface area contributed by atoms with Gasteiger partial charge in [-0.15, -0.1) is 0 Å². The maximum Gasteiger partial charge on any atom is 0.197 e. The molecule has 1 unspecified atom stereocenters. The third-order valence-corrected chi connectivity index (χ3v) is 3.94. The second-order valence-electron chi connectivity index (χ2n) is 5.13. The van der Waals surface area contributed by atoms with Crippen molar-refractivity contribution in [1.29, 1.82) is 0 Å². The van der Waals surface area contributed by atoms with Gasteiger partial charge in [-0.05, 0) is 36.2 Å². The van der Waals surface area contributed by atoms with E-state index in [1.807, 2.05) is 24.3 Å². The van der Waals surface area contributed by atoms with E-state index in [2.05, 4.69) is 17.6 Å². The topological polar surface area (TPSA) is 57.0 Å². The fourth-order valence-corrected chi connectivity index (χ4v) is 2.89. The molecule has 0 aliphatic carbocycles. The molecule has 0 saturated carbocycles. The summed E-state index contributed by atoms with van der Waals surface area (Å²) in [7, 11) is 0. The third-order valence-electron chi connectivity index (χ3n) is 3.63. The van der Waals surface area contributed by atoms with Gasteiger partial charge in [0.25, 0.3) is 0 Å². The Kier molecular flexibility index (Phi) is 3.99. The van der Waals surface area contributed by atoms with E-state index in [1.165, 1.54) is 0 Å². The number of aromatic nitrogens is 2. The molecule has 2 aromatic heterocycles. The lowest BCUT2D eigenvalue weighted by atomic mass is 10.1. The Morgan fingerprint density at radius 3 is 2.86 bits per heavy atom. The van der Waals surface area contributed by atoms with Crippen LogP contribution in [0.15, 0.2) is 41.0 Å². The number of hydrogen-bond donors (Lipinski definition) is 1. The van der Waals surface area contributed by atoms with Crippen LogP contribution in [0.1, 0.15) is 30.8 Å². The molecule has 0 radical (unpaired) electrons. The van der Waals surface area contributed by atoms with E-state index in [0.717, 1.165) is 35.4 Å². The summed E-state index contributed by atoms with van der Waals surface area (Å²) in [5, 5.41) is 0.362. The fraction of sp³-hybridized carbons (Fsp3) is 0.312. The number of para-hydroxylation sites is 2. The number of aryl methyl sites for hydroxylation is 1. The van der Waals surface area contributed by atoms with Crippen LogP contribution < -0.4 is 5.73 Å². The lowest BCUT2D eigenvalue weighted by Gasteiger charge is -2.12. The van der Waals surface area contributed by atoms with Crippen LogP contribution in [-0.4, -0.2) is 9.55 Å². The highest BCUT2D eigenvalue weighted by Crippen LogP contribution is 2.26. The van der Waals surface area contributed by atoms with Crippen LogP contribution in [0.3, 0.4) is 0 Å². The van der Waals surface area contributed by atoms with E-state index in [1.54, 1.807) is 6.26 Å². The molecule has 0 amide bonds. The maximum absolute atomic E-state index is 6.26. The Balaban J connectivity index is 1.96. The van der Waals surface area contributed by atoms with Gasteiger partial charge in [0.2, 0.25) is 0 Å². The number of hydrogen-bond acceptors (Lipinski definition) is 3. The minimum Gasteiger partial charge on any atom is -0.453 e. The van der Waals surface area contributed by atoms with Gasteiger partial charge in [-0.25, -0.2) is 4.98 Å². The Bertz CT molecular complexity index is 747. The average Bonchev–Trinajstić information content (AvgIpc) is 3.04. The number of fused-ring (bicyclic) bond motifs is 1. The number of nitrogens with two attached hydrogens (primary N) is 1. The number of furan rings is 1. The molecule has 0 aliphatic heterocycles. The summed E-state index contributed by atoms with van der Waals surface area (Å²) in [4.78, 5) is 4.72. The van der Waals surface area contributed by atoms with Crippen LogP contribution in [0.2, 0.25) is 5.22 Å². The first-order chi connectivity index (χ1) is 10.2. The minimum absolute atomic E-state index is 0.219. The van der Waals surface area contributed by atoms with Crippen molar-refractivity contribution >= 4 is 22.6 Å². The van der Waals surface area contributed by atoms with Gasteiger partial charge in [0, 0.05) is 24.6 Å². The Morgan fingerprint density at radius 1 is 1.33 bits per heavy atom. The summed E-state index contributed by atoms with van der Waals surface area (Å²) in [6.07, 6.45) is 3.25. The number of nitrogens with zero attached hydrogens (tertiary/aromatic N) is 2. The van der Waals surface area contributed by atoms with E-state index in [9.17, 15) is 0 Å². The first kappa shape index (κ1) is 14.2. The number of rotatable bonds is 5.